The van der Waals surface area contributed by atoms with Crippen molar-refractivity contribution in [1.82, 2.24) is 4.90 Å². The number of hydrogen-bond donors (Lipinski definition) is 0. The maximum atomic E-state index is 12.5. The fourth-order valence-electron chi connectivity index (χ4n) is 3.48. The average Bonchev–Trinajstić information content (AvgIpc) is 3.34. The van der Waals surface area contributed by atoms with Gasteiger partial charge in [-0.15, -0.1) is 0 Å². The number of esters is 1. The number of likely N-dealkylation sites (N-methyl/N-ethyl adjacent to an activating group) is 1. The molecule has 0 spiro atoms. The van der Waals surface area contributed by atoms with Gasteiger partial charge in [0, 0.05) is 19.7 Å². The zero-order valence-electron chi connectivity index (χ0n) is 16.7. The number of carbonyl (C=O) groups excluding carboxylic acids is 2. The van der Waals surface area contributed by atoms with Crippen molar-refractivity contribution in [2.24, 2.45) is 0 Å². The number of benzene rings is 1. The van der Waals surface area contributed by atoms with Gasteiger partial charge >= 0.3 is 5.97 Å². The first kappa shape index (κ1) is 21.6. The van der Waals surface area contributed by atoms with Crippen molar-refractivity contribution < 1.29 is 32.2 Å². The normalized spacial score (nSPS) is 24.1. The van der Waals surface area contributed by atoms with E-state index in [9.17, 15) is 18.0 Å². The lowest BCUT2D eigenvalue weighted by Crippen LogP contribution is -2.44. The smallest absolute Gasteiger partial charge is 0.338 e. The molecule has 160 valence electrons. The predicted octanol–water partition coefficient (Wildman–Crippen LogP) is 1.44. The summed E-state index contributed by atoms with van der Waals surface area (Å²) in [6.07, 6.45) is 1.53. The molecule has 0 unspecified atom stereocenters. The molecule has 29 heavy (non-hydrogen) atoms. The summed E-state index contributed by atoms with van der Waals surface area (Å²) in [7, 11) is -1.56. The second-order valence-corrected chi connectivity index (χ2v) is 9.75. The maximum absolute atomic E-state index is 12.5. The second-order valence-electron chi connectivity index (χ2n) is 7.52. The van der Waals surface area contributed by atoms with Crippen LogP contribution in [-0.4, -0.2) is 75.2 Å². The quantitative estimate of drug-likeness (QED) is 0.610. The summed E-state index contributed by atoms with van der Waals surface area (Å²) < 4.78 is 39.7. The summed E-state index contributed by atoms with van der Waals surface area (Å²) in [5.74, 6) is -0.391. The first-order valence-corrected chi connectivity index (χ1v) is 11.6. The van der Waals surface area contributed by atoms with Gasteiger partial charge in [-0.25, -0.2) is 13.2 Å². The van der Waals surface area contributed by atoms with Crippen LogP contribution in [0.1, 0.15) is 36.5 Å². The van der Waals surface area contributed by atoms with E-state index in [1.165, 1.54) is 11.8 Å². The Morgan fingerprint density at radius 1 is 1.24 bits per heavy atom. The predicted molar refractivity (Wildman–Crippen MR) is 106 cm³/mol. The summed E-state index contributed by atoms with van der Waals surface area (Å²) in [5.41, 5.74) is 0.306. The van der Waals surface area contributed by atoms with Crippen LogP contribution in [0.3, 0.4) is 0 Å². The lowest BCUT2D eigenvalue weighted by Gasteiger charge is -2.26. The minimum Gasteiger partial charge on any atom is -0.491 e. The SMILES string of the molecule is C[C@H](OC(=O)c1ccc(OC[C@@H]2CCCO2)cc1)C(=O)N(C)[C@@H]1CCS(=O)(=O)C1. The van der Waals surface area contributed by atoms with Gasteiger partial charge in [-0.05, 0) is 50.5 Å². The Morgan fingerprint density at radius 2 is 1.97 bits per heavy atom. The highest BCUT2D eigenvalue weighted by Crippen LogP contribution is 2.19. The summed E-state index contributed by atoms with van der Waals surface area (Å²) in [4.78, 5) is 26.2. The number of nitrogens with zero attached hydrogens (tertiary/aromatic N) is 1. The summed E-state index contributed by atoms with van der Waals surface area (Å²) in [5, 5.41) is 0. The molecule has 3 rings (SSSR count). The third-order valence-electron chi connectivity index (χ3n) is 5.29. The zero-order chi connectivity index (χ0) is 21.0. The Kier molecular flexibility index (Phi) is 6.79. The first-order chi connectivity index (χ1) is 13.7. The summed E-state index contributed by atoms with van der Waals surface area (Å²) >= 11 is 0. The first-order valence-electron chi connectivity index (χ1n) is 9.78. The third-order valence-corrected chi connectivity index (χ3v) is 7.04. The van der Waals surface area contributed by atoms with Gasteiger partial charge in [-0.3, -0.25) is 4.79 Å². The molecule has 1 aromatic carbocycles. The molecule has 9 heteroatoms. The molecule has 2 saturated heterocycles. The third kappa shape index (κ3) is 5.70. The largest absolute Gasteiger partial charge is 0.491 e. The highest BCUT2D eigenvalue weighted by molar-refractivity contribution is 7.91. The lowest BCUT2D eigenvalue weighted by atomic mass is 10.2. The van der Waals surface area contributed by atoms with Crippen LogP contribution in [0.5, 0.6) is 5.75 Å². The van der Waals surface area contributed by atoms with Gasteiger partial charge in [0.2, 0.25) is 0 Å². The minimum absolute atomic E-state index is 0.0523. The number of carbonyl (C=O) groups is 2. The Hall–Kier alpha value is -2.13. The molecule has 3 atom stereocenters. The molecule has 2 fully saturated rings. The van der Waals surface area contributed by atoms with Crippen LogP contribution < -0.4 is 4.74 Å². The number of rotatable bonds is 7. The summed E-state index contributed by atoms with van der Waals surface area (Å²) in [6.45, 7) is 2.72. The fraction of sp³-hybridized carbons (Fsp3) is 0.600. The van der Waals surface area contributed by atoms with Gasteiger partial charge in [0.1, 0.15) is 12.4 Å². The molecular formula is C20H27NO7S. The molecular weight excluding hydrogens is 398 g/mol. The molecule has 2 aliphatic rings. The van der Waals surface area contributed by atoms with Crippen LogP contribution >= 0.6 is 0 Å². The van der Waals surface area contributed by atoms with E-state index >= 15 is 0 Å². The van der Waals surface area contributed by atoms with E-state index in [4.69, 9.17) is 14.2 Å². The van der Waals surface area contributed by atoms with E-state index in [0.717, 1.165) is 19.4 Å². The van der Waals surface area contributed by atoms with Gasteiger partial charge in [0.05, 0.1) is 23.2 Å². The topological polar surface area (TPSA) is 99.2 Å². The van der Waals surface area contributed by atoms with Crippen LogP contribution in [0.2, 0.25) is 0 Å². The lowest BCUT2D eigenvalue weighted by molar-refractivity contribution is -0.140. The van der Waals surface area contributed by atoms with Gasteiger partial charge in [-0.2, -0.15) is 0 Å². The van der Waals surface area contributed by atoms with E-state index in [1.54, 1.807) is 31.3 Å². The molecule has 1 amide bonds. The molecule has 0 N–H and O–H groups in total. The van der Waals surface area contributed by atoms with Crippen molar-refractivity contribution >= 4 is 21.7 Å². The standard InChI is InChI=1S/C20H27NO7S/c1-14(19(22)21(2)16-9-11-29(24,25)13-16)28-20(23)15-5-7-17(8-6-15)27-12-18-4-3-10-26-18/h5-8,14,16,18H,3-4,9-13H2,1-2H3/t14-,16+,18-/m0/s1. The van der Waals surface area contributed by atoms with E-state index < -0.39 is 27.8 Å². The molecule has 0 aliphatic carbocycles. The molecule has 8 nitrogen and oxygen atoms in total. The van der Waals surface area contributed by atoms with Gasteiger partial charge in [0.15, 0.2) is 15.9 Å². The van der Waals surface area contributed by atoms with Gasteiger partial charge in [-0.1, -0.05) is 0 Å². The number of amides is 1. The van der Waals surface area contributed by atoms with E-state index in [1.807, 2.05) is 0 Å². The van der Waals surface area contributed by atoms with Gasteiger partial charge < -0.3 is 19.1 Å². The highest BCUT2D eigenvalue weighted by atomic mass is 32.2. The van der Waals surface area contributed by atoms with Crippen molar-refractivity contribution in [1.29, 1.82) is 0 Å². The second kappa shape index (κ2) is 9.13. The van der Waals surface area contributed by atoms with Crippen molar-refractivity contribution in [3.05, 3.63) is 29.8 Å². The molecule has 2 aliphatic heterocycles. The van der Waals surface area contributed by atoms with Gasteiger partial charge in [0.25, 0.3) is 5.91 Å². The van der Waals surface area contributed by atoms with Crippen molar-refractivity contribution in [3.63, 3.8) is 0 Å². The van der Waals surface area contributed by atoms with Crippen LogP contribution in [0.15, 0.2) is 24.3 Å². The van der Waals surface area contributed by atoms with E-state index in [0.29, 0.717) is 24.3 Å². The number of ether oxygens (including phenoxy) is 3. The number of sulfone groups is 1. The molecule has 1 aromatic rings. The fourth-order valence-corrected chi connectivity index (χ4v) is 5.25. The zero-order valence-corrected chi connectivity index (χ0v) is 17.5. The Labute approximate surface area is 171 Å². The maximum Gasteiger partial charge on any atom is 0.338 e. The number of hydrogen-bond acceptors (Lipinski definition) is 7. The van der Waals surface area contributed by atoms with Crippen LogP contribution in [0.4, 0.5) is 0 Å². The van der Waals surface area contributed by atoms with Crippen molar-refractivity contribution in [3.8, 4) is 5.75 Å². The van der Waals surface area contributed by atoms with Crippen LogP contribution in [0, 0.1) is 0 Å². The van der Waals surface area contributed by atoms with Crippen molar-refractivity contribution in [2.45, 2.75) is 44.4 Å². The highest BCUT2D eigenvalue weighted by Gasteiger charge is 2.35. The molecule has 0 aromatic heterocycles. The Bertz CT molecular complexity index is 831. The monoisotopic (exact) mass is 425 g/mol. The molecule has 0 saturated carbocycles. The minimum atomic E-state index is -3.10. The van der Waals surface area contributed by atoms with Crippen LogP contribution in [0.25, 0.3) is 0 Å². The molecule has 0 bridgehead atoms. The molecule has 2 heterocycles. The Balaban J connectivity index is 1.50. The van der Waals surface area contributed by atoms with E-state index in [-0.39, 0.29) is 23.7 Å². The van der Waals surface area contributed by atoms with Crippen molar-refractivity contribution in [2.75, 3.05) is 31.8 Å². The van der Waals surface area contributed by atoms with Crippen LogP contribution in [-0.2, 0) is 24.1 Å². The Morgan fingerprint density at radius 3 is 2.55 bits per heavy atom. The summed E-state index contributed by atoms with van der Waals surface area (Å²) in [6, 6.07) is 6.13. The average molecular weight is 426 g/mol. The van der Waals surface area contributed by atoms with E-state index in [2.05, 4.69) is 0 Å². The molecule has 0 radical (unpaired) electrons.